The van der Waals surface area contributed by atoms with Crippen LogP contribution in [0, 0.1) is 0 Å². The maximum absolute atomic E-state index is 12.2. The van der Waals surface area contributed by atoms with Gasteiger partial charge in [0.2, 0.25) is 5.91 Å². The fourth-order valence-corrected chi connectivity index (χ4v) is 3.45. The molecule has 0 spiro atoms. The molecule has 0 fully saturated rings. The number of hydrogen-bond donors (Lipinski definition) is 1. The van der Waals surface area contributed by atoms with E-state index in [2.05, 4.69) is 11.9 Å². The van der Waals surface area contributed by atoms with Crippen molar-refractivity contribution in [3.63, 3.8) is 0 Å². The van der Waals surface area contributed by atoms with Crippen molar-refractivity contribution in [2.45, 2.75) is 103 Å². The smallest absolute Gasteiger partial charge is 0.228 e. The highest BCUT2D eigenvalue weighted by Crippen LogP contribution is 2.13. The largest absolute Gasteiger partial charge is 0.391 e. The lowest BCUT2D eigenvalue weighted by molar-refractivity contribution is -0.131. The number of amides is 1. The molecule has 0 aromatic carbocycles. The Hall–Kier alpha value is -0.900. The van der Waals surface area contributed by atoms with Crippen LogP contribution in [0.15, 0.2) is 4.99 Å². The minimum absolute atomic E-state index is 0.114. The van der Waals surface area contributed by atoms with Gasteiger partial charge in [0.25, 0.3) is 0 Å². The molecule has 4 nitrogen and oxygen atoms in total. The maximum Gasteiger partial charge on any atom is 0.228 e. The molecule has 0 aliphatic carbocycles. The van der Waals surface area contributed by atoms with Crippen LogP contribution in [0.5, 0.6) is 0 Å². The molecule has 1 heterocycles. The Morgan fingerprint density at radius 1 is 1.04 bits per heavy atom. The summed E-state index contributed by atoms with van der Waals surface area (Å²) < 4.78 is 0. The first-order chi connectivity index (χ1) is 12.1. The van der Waals surface area contributed by atoms with Gasteiger partial charge in [-0.05, 0) is 19.8 Å². The second-order valence-corrected chi connectivity index (χ2v) is 7.61. The molecular weight excluding hydrogens is 312 g/mol. The lowest BCUT2D eigenvalue weighted by atomic mass is 10.0. The van der Waals surface area contributed by atoms with Gasteiger partial charge in [0, 0.05) is 25.3 Å². The number of aliphatic hydroxyl groups is 1. The summed E-state index contributed by atoms with van der Waals surface area (Å²) in [5.41, 5.74) is 0.916. The van der Waals surface area contributed by atoms with E-state index in [1.165, 1.54) is 57.8 Å². The summed E-state index contributed by atoms with van der Waals surface area (Å²) in [6.45, 7) is 6.19. The number of unbranched alkanes of at least 4 members (excludes halogenated alkanes) is 9. The molecule has 4 heteroatoms. The topological polar surface area (TPSA) is 52.9 Å². The van der Waals surface area contributed by atoms with E-state index < -0.39 is 0 Å². The first-order valence-electron chi connectivity index (χ1n) is 10.6. The molecule has 1 rings (SSSR count). The van der Waals surface area contributed by atoms with Crippen molar-refractivity contribution in [1.29, 1.82) is 0 Å². The molecule has 1 N–H and O–H groups in total. The summed E-state index contributed by atoms with van der Waals surface area (Å²) in [7, 11) is 0. The molecule has 1 amide bonds. The van der Waals surface area contributed by atoms with E-state index in [0.717, 1.165) is 38.1 Å². The molecule has 0 saturated carbocycles. The molecule has 1 aliphatic heterocycles. The minimum Gasteiger partial charge on any atom is -0.391 e. The summed E-state index contributed by atoms with van der Waals surface area (Å²) in [6, 6.07) is 0. The quantitative estimate of drug-likeness (QED) is 0.487. The van der Waals surface area contributed by atoms with Gasteiger partial charge in [0.1, 0.15) is 0 Å². The molecule has 0 bridgehead atoms. The van der Waals surface area contributed by atoms with E-state index in [1.807, 2.05) is 11.8 Å². The van der Waals surface area contributed by atoms with Gasteiger partial charge in [-0.1, -0.05) is 71.1 Å². The zero-order valence-corrected chi connectivity index (χ0v) is 16.6. The van der Waals surface area contributed by atoms with Gasteiger partial charge in [0.15, 0.2) is 0 Å². The van der Waals surface area contributed by atoms with Gasteiger partial charge in [-0.3, -0.25) is 9.79 Å². The van der Waals surface area contributed by atoms with Gasteiger partial charge in [-0.2, -0.15) is 0 Å². The summed E-state index contributed by atoms with van der Waals surface area (Å²) in [4.78, 5) is 18.4. The van der Waals surface area contributed by atoms with E-state index in [1.54, 1.807) is 0 Å². The Morgan fingerprint density at radius 3 is 2.28 bits per heavy atom. The highest BCUT2D eigenvalue weighted by molar-refractivity contribution is 5.99. The lowest BCUT2D eigenvalue weighted by Gasteiger charge is -2.26. The van der Waals surface area contributed by atoms with Crippen LogP contribution >= 0.6 is 0 Å². The van der Waals surface area contributed by atoms with Crippen LogP contribution < -0.4 is 0 Å². The van der Waals surface area contributed by atoms with E-state index in [9.17, 15) is 9.90 Å². The van der Waals surface area contributed by atoms with Gasteiger partial charge < -0.3 is 10.0 Å². The van der Waals surface area contributed by atoms with Crippen LogP contribution in [0.2, 0.25) is 0 Å². The van der Waals surface area contributed by atoms with Crippen molar-refractivity contribution in [3.05, 3.63) is 0 Å². The van der Waals surface area contributed by atoms with E-state index >= 15 is 0 Å². The van der Waals surface area contributed by atoms with Crippen molar-refractivity contribution >= 4 is 11.6 Å². The summed E-state index contributed by atoms with van der Waals surface area (Å²) in [6.07, 6.45) is 14.8. The normalized spacial score (nSPS) is 19.2. The van der Waals surface area contributed by atoms with E-state index in [4.69, 9.17) is 0 Å². The number of aliphatic hydroxyl groups excluding tert-OH is 1. The zero-order valence-electron chi connectivity index (χ0n) is 16.6. The Balaban J connectivity index is 2.03. The Kier molecular flexibility index (Phi) is 12.7. The number of hydrogen-bond acceptors (Lipinski definition) is 3. The van der Waals surface area contributed by atoms with Crippen LogP contribution in [0.3, 0.4) is 0 Å². The van der Waals surface area contributed by atoms with Crippen molar-refractivity contribution in [2.24, 2.45) is 4.99 Å². The van der Waals surface area contributed by atoms with Crippen LogP contribution in [0.4, 0.5) is 0 Å². The van der Waals surface area contributed by atoms with Crippen molar-refractivity contribution in [1.82, 2.24) is 4.90 Å². The molecule has 0 radical (unpaired) electrons. The molecule has 25 heavy (non-hydrogen) atoms. The monoisotopic (exact) mass is 352 g/mol. The third kappa shape index (κ3) is 11.4. The van der Waals surface area contributed by atoms with Crippen molar-refractivity contribution in [2.75, 3.05) is 19.6 Å². The molecule has 0 saturated heterocycles. The second-order valence-electron chi connectivity index (χ2n) is 7.61. The molecule has 146 valence electrons. The zero-order chi connectivity index (χ0) is 18.3. The van der Waals surface area contributed by atoms with E-state index in [-0.39, 0.29) is 12.0 Å². The average molecular weight is 353 g/mol. The molecule has 0 aromatic rings. The van der Waals surface area contributed by atoms with Crippen LogP contribution in [0.25, 0.3) is 0 Å². The molecular formula is C21H40N2O2. The van der Waals surface area contributed by atoms with Crippen molar-refractivity contribution < 1.29 is 9.90 Å². The lowest BCUT2D eigenvalue weighted by Crippen LogP contribution is -2.40. The summed E-state index contributed by atoms with van der Waals surface area (Å²) in [5.74, 6) is 0.114. The number of nitrogens with zero attached hydrogens (tertiary/aromatic N) is 2. The number of β-amino-alcohol motifs (C(OH)–C–C–N with tert-alkyl or cyclic N) is 1. The Morgan fingerprint density at radius 2 is 1.64 bits per heavy atom. The van der Waals surface area contributed by atoms with E-state index in [0.29, 0.717) is 13.0 Å². The fourth-order valence-electron chi connectivity index (χ4n) is 3.45. The maximum atomic E-state index is 12.2. The first-order valence-corrected chi connectivity index (χ1v) is 10.6. The average Bonchev–Trinajstić information content (AvgIpc) is 2.58. The van der Waals surface area contributed by atoms with Crippen LogP contribution in [-0.4, -0.2) is 47.4 Å². The Labute approximate surface area is 155 Å². The highest BCUT2D eigenvalue weighted by atomic mass is 16.3. The predicted molar refractivity (Wildman–Crippen MR) is 106 cm³/mol. The molecule has 0 aromatic heterocycles. The standard InChI is InChI=1S/C21H40N2O2/c1-3-4-5-6-7-8-9-10-11-12-14-20(24)18-23-16-13-15-22-19(2)17-21(23)25/h20,24H,3-18H2,1-2H3/b22-19-. The van der Waals surface area contributed by atoms with Crippen LogP contribution in [-0.2, 0) is 4.79 Å². The Bertz CT molecular complexity index is 382. The predicted octanol–water partition coefficient (Wildman–Crippen LogP) is 4.74. The number of carbonyl (C=O) groups is 1. The SMILES string of the molecule is CCCCCCCCCCCCC(O)CN1CCC/N=C(/C)CC1=O. The highest BCUT2D eigenvalue weighted by Gasteiger charge is 2.19. The number of rotatable bonds is 13. The molecule has 1 aliphatic rings. The molecule has 1 unspecified atom stereocenters. The van der Waals surface area contributed by atoms with Gasteiger partial charge >= 0.3 is 0 Å². The summed E-state index contributed by atoms with van der Waals surface area (Å²) >= 11 is 0. The second kappa shape index (κ2) is 14.3. The first kappa shape index (κ1) is 22.1. The third-order valence-electron chi connectivity index (χ3n) is 5.05. The van der Waals surface area contributed by atoms with Crippen LogP contribution in [0.1, 0.15) is 97.3 Å². The third-order valence-corrected chi connectivity index (χ3v) is 5.05. The fraction of sp³-hybridized carbons (Fsp3) is 0.905. The number of aliphatic imine (C=N–C) groups is 1. The van der Waals surface area contributed by atoms with Crippen molar-refractivity contribution in [3.8, 4) is 0 Å². The van der Waals surface area contributed by atoms with Gasteiger partial charge in [0.05, 0.1) is 12.5 Å². The summed E-state index contributed by atoms with van der Waals surface area (Å²) in [5, 5.41) is 10.2. The van der Waals surface area contributed by atoms with Gasteiger partial charge in [-0.15, -0.1) is 0 Å². The molecule has 1 atom stereocenters. The minimum atomic E-state index is -0.380. The number of carbonyl (C=O) groups excluding carboxylic acids is 1. The van der Waals surface area contributed by atoms with Gasteiger partial charge in [-0.25, -0.2) is 0 Å².